The lowest BCUT2D eigenvalue weighted by molar-refractivity contribution is -0.153. The van der Waals surface area contributed by atoms with Gasteiger partial charge in [-0.1, -0.05) is 0 Å². The zero-order valence-electron chi connectivity index (χ0n) is 9.88. The van der Waals surface area contributed by atoms with Gasteiger partial charge in [0.25, 0.3) is 0 Å². The van der Waals surface area contributed by atoms with Crippen LogP contribution in [0, 0.1) is 19.7 Å². The first-order valence-electron chi connectivity index (χ1n) is 5.19. The van der Waals surface area contributed by atoms with E-state index in [4.69, 9.17) is 0 Å². The summed E-state index contributed by atoms with van der Waals surface area (Å²) in [6.07, 6.45) is -1.59. The Labute approximate surface area is 108 Å². The van der Waals surface area contributed by atoms with Crippen molar-refractivity contribution in [1.29, 1.82) is 0 Å². The van der Waals surface area contributed by atoms with Crippen LogP contribution in [0.15, 0.2) is 10.5 Å². The summed E-state index contributed by atoms with van der Waals surface area (Å²) in [4.78, 5) is 11.4. The number of halogens is 2. The molecule has 17 heavy (non-hydrogen) atoms. The lowest BCUT2D eigenvalue weighted by atomic mass is 9.98. The average molecular weight is 305 g/mol. The van der Waals surface area contributed by atoms with Gasteiger partial charge < -0.3 is 9.84 Å². The van der Waals surface area contributed by atoms with Crippen molar-refractivity contribution in [3.63, 3.8) is 0 Å². The highest BCUT2D eigenvalue weighted by atomic mass is 79.9. The monoisotopic (exact) mass is 304 g/mol. The van der Waals surface area contributed by atoms with Crippen molar-refractivity contribution < 1.29 is 19.0 Å². The molecule has 3 nitrogen and oxygen atoms in total. The Balaban J connectivity index is 3.25. The van der Waals surface area contributed by atoms with Crippen molar-refractivity contribution in [3.8, 4) is 0 Å². The quantitative estimate of drug-likeness (QED) is 0.874. The summed E-state index contributed by atoms with van der Waals surface area (Å²) in [6, 6.07) is 1.60. The minimum absolute atomic E-state index is 0.0321. The molecule has 5 heteroatoms. The van der Waals surface area contributed by atoms with Crippen LogP contribution in [-0.2, 0) is 9.53 Å². The summed E-state index contributed by atoms with van der Waals surface area (Å²) >= 11 is 3.05. The third kappa shape index (κ3) is 2.84. The van der Waals surface area contributed by atoms with Crippen LogP contribution in [0.1, 0.15) is 29.7 Å². The van der Waals surface area contributed by atoms with E-state index in [1.54, 1.807) is 26.8 Å². The van der Waals surface area contributed by atoms with Gasteiger partial charge >= 0.3 is 5.97 Å². The first-order chi connectivity index (χ1) is 7.90. The third-order valence-corrected chi connectivity index (χ3v) is 3.15. The summed E-state index contributed by atoms with van der Waals surface area (Å²) in [5.41, 5.74) is 1.30. The van der Waals surface area contributed by atoms with E-state index in [0.29, 0.717) is 5.56 Å². The minimum Gasteiger partial charge on any atom is -0.464 e. The van der Waals surface area contributed by atoms with Gasteiger partial charge in [0.05, 0.1) is 11.1 Å². The van der Waals surface area contributed by atoms with E-state index in [-0.39, 0.29) is 16.6 Å². The predicted molar refractivity (Wildman–Crippen MR) is 65.2 cm³/mol. The van der Waals surface area contributed by atoms with Crippen LogP contribution in [-0.4, -0.2) is 17.7 Å². The molecule has 0 amide bonds. The smallest absolute Gasteiger partial charge is 0.339 e. The fourth-order valence-electron chi connectivity index (χ4n) is 1.53. The van der Waals surface area contributed by atoms with Gasteiger partial charge in [-0.25, -0.2) is 9.18 Å². The van der Waals surface area contributed by atoms with E-state index in [9.17, 15) is 14.3 Å². The van der Waals surface area contributed by atoms with Gasteiger partial charge in [-0.15, -0.1) is 0 Å². The number of aryl methyl sites for hydroxylation is 1. The van der Waals surface area contributed by atoms with Crippen molar-refractivity contribution in [3.05, 3.63) is 33.0 Å². The second-order valence-corrected chi connectivity index (χ2v) is 4.54. The highest BCUT2D eigenvalue weighted by Crippen LogP contribution is 2.30. The predicted octanol–water partition coefficient (Wildman–Crippen LogP) is 2.80. The van der Waals surface area contributed by atoms with Crippen molar-refractivity contribution >= 4 is 21.9 Å². The standard InChI is InChI=1S/C12H14BrFO3/c1-4-17-12(16)11(15)9-7(3)6(2)5-8(13)10(9)14/h5,11,15H,4H2,1-3H3. The van der Waals surface area contributed by atoms with Gasteiger partial charge in [0.2, 0.25) is 0 Å². The molecule has 0 bridgehead atoms. The number of carbonyl (C=O) groups is 1. The maximum atomic E-state index is 13.9. The van der Waals surface area contributed by atoms with Gasteiger partial charge in [0.15, 0.2) is 6.10 Å². The van der Waals surface area contributed by atoms with Crippen molar-refractivity contribution in [2.24, 2.45) is 0 Å². The van der Waals surface area contributed by atoms with Crippen LogP contribution in [0.3, 0.4) is 0 Å². The third-order valence-electron chi connectivity index (χ3n) is 2.57. The number of ether oxygens (including phenoxy) is 1. The Bertz CT molecular complexity index is 420. The number of esters is 1. The highest BCUT2D eigenvalue weighted by molar-refractivity contribution is 9.10. The number of aliphatic hydroxyl groups is 1. The normalized spacial score (nSPS) is 12.4. The largest absolute Gasteiger partial charge is 0.464 e. The fraction of sp³-hybridized carbons (Fsp3) is 0.417. The minimum atomic E-state index is -1.59. The van der Waals surface area contributed by atoms with Crippen LogP contribution in [0.4, 0.5) is 4.39 Å². The molecule has 0 saturated heterocycles. The van der Waals surface area contributed by atoms with Gasteiger partial charge in [0.1, 0.15) is 5.82 Å². The zero-order chi connectivity index (χ0) is 13.2. The Kier molecular flexibility index (Phi) is 4.65. The SMILES string of the molecule is CCOC(=O)C(O)c1c(C)c(C)cc(Br)c1F. The summed E-state index contributed by atoms with van der Waals surface area (Å²) in [5.74, 6) is -1.47. The van der Waals surface area contributed by atoms with Gasteiger partial charge in [0, 0.05) is 5.56 Å². The van der Waals surface area contributed by atoms with Crippen LogP contribution in [0.25, 0.3) is 0 Å². The molecule has 0 radical (unpaired) electrons. The van der Waals surface area contributed by atoms with Gasteiger partial charge in [-0.2, -0.15) is 0 Å². The van der Waals surface area contributed by atoms with Crippen molar-refractivity contribution in [1.82, 2.24) is 0 Å². The Morgan fingerprint density at radius 2 is 2.18 bits per heavy atom. The summed E-state index contributed by atoms with van der Waals surface area (Å²) in [5, 5.41) is 9.80. The molecule has 0 heterocycles. The zero-order valence-corrected chi connectivity index (χ0v) is 11.5. The second-order valence-electron chi connectivity index (χ2n) is 3.68. The maximum absolute atomic E-state index is 13.9. The Morgan fingerprint density at radius 3 is 2.71 bits per heavy atom. The lowest BCUT2D eigenvalue weighted by Crippen LogP contribution is -2.18. The molecule has 0 aliphatic carbocycles. The molecule has 1 aromatic rings. The molecule has 0 aliphatic rings. The molecule has 0 spiro atoms. The summed E-state index contributed by atoms with van der Waals surface area (Å²) in [6.45, 7) is 5.20. The lowest BCUT2D eigenvalue weighted by Gasteiger charge is -2.16. The van der Waals surface area contributed by atoms with E-state index in [1.807, 2.05) is 0 Å². The molecule has 1 rings (SSSR count). The molecule has 1 aromatic carbocycles. The van der Waals surface area contributed by atoms with Crippen molar-refractivity contribution in [2.45, 2.75) is 26.9 Å². The average Bonchev–Trinajstić information content (AvgIpc) is 2.27. The van der Waals surface area contributed by atoms with Gasteiger partial charge in [-0.3, -0.25) is 0 Å². The fourth-order valence-corrected chi connectivity index (χ4v) is 2.09. The van der Waals surface area contributed by atoms with Crippen LogP contribution < -0.4 is 0 Å². The molecule has 0 fully saturated rings. The Morgan fingerprint density at radius 1 is 1.59 bits per heavy atom. The molecule has 0 saturated carbocycles. The van der Waals surface area contributed by atoms with E-state index < -0.39 is 17.9 Å². The summed E-state index contributed by atoms with van der Waals surface area (Å²) < 4.78 is 18.8. The molecule has 0 aliphatic heterocycles. The Hall–Kier alpha value is -0.940. The number of hydrogen-bond acceptors (Lipinski definition) is 3. The number of benzene rings is 1. The van der Waals surface area contributed by atoms with Crippen LogP contribution in [0.2, 0.25) is 0 Å². The first kappa shape index (κ1) is 14.1. The molecule has 94 valence electrons. The van der Waals surface area contributed by atoms with E-state index in [1.165, 1.54) is 0 Å². The molecule has 1 unspecified atom stereocenters. The topological polar surface area (TPSA) is 46.5 Å². The van der Waals surface area contributed by atoms with E-state index in [2.05, 4.69) is 20.7 Å². The second kappa shape index (κ2) is 5.60. The highest BCUT2D eigenvalue weighted by Gasteiger charge is 2.26. The van der Waals surface area contributed by atoms with E-state index >= 15 is 0 Å². The molecule has 0 aromatic heterocycles. The number of aliphatic hydroxyl groups excluding tert-OH is 1. The van der Waals surface area contributed by atoms with Crippen molar-refractivity contribution in [2.75, 3.05) is 6.61 Å². The summed E-state index contributed by atoms with van der Waals surface area (Å²) in [7, 11) is 0. The van der Waals surface area contributed by atoms with E-state index in [0.717, 1.165) is 5.56 Å². The van der Waals surface area contributed by atoms with Crippen LogP contribution >= 0.6 is 15.9 Å². The number of hydrogen-bond donors (Lipinski definition) is 1. The number of rotatable bonds is 3. The maximum Gasteiger partial charge on any atom is 0.339 e. The number of carbonyl (C=O) groups excluding carboxylic acids is 1. The molecular weight excluding hydrogens is 291 g/mol. The van der Waals surface area contributed by atoms with Crippen LogP contribution in [0.5, 0.6) is 0 Å². The first-order valence-corrected chi connectivity index (χ1v) is 5.99. The molecule has 1 N–H and O–H groups in total. The molecular formula is C12H14BrFO3. The molecule has 1 atom stereocenters. The van der Waals surface area contributed by atoms with Gasteiger partial charge in [-0.05, 0) is 53.9 Å².